The second-order valence-corrected chi connectivity index (χ2v) is 7.35. The molecule has 2 heterocycles. The lowest BCUT2D eigenvalue weighted by Gasteiger charge is -2.35. The first-order chi connectivity index (χ1) is 13.9. The quantitative estimate of drug-likeness (QED) is 0.757. The molecule has 0 amide bonds. The second kappa shape index (κ2) is 9.86. The topological polar surface area (TPSA) is 24.9 Å². The molecule has 2 aromatic rings. The van der Waals surface area contributed by atoms with Crippen LogP contribution in [0, 0.1) is 11.8 Å². The van der Waals surface area contributed by atoms with Gasteiger partial charge >= 0.3 is 0 Å². The number of ether oxygens (including phenoxy) is 2. The molecule has 0 radical (unpaired) electrons. The van der Waals surface area contributed by atoms with Crippen molar-refractivity contribution in [1.29, 1.82) is 0 Å². The van der Waals surface area contributed by atoms with E-state index in [1.54, 1.807) is 0 Å². The molecule has 2 saturated heterocycles. The molecular formula is C24H28N2O2. The van der Waals surface area contributed by atoms with E-state index in [0.717, 1.165) is 39.1 Å². The number of hydrogen-bond acceptors (Lipinski definition) is 4. The molecule has 0 saturated carbocycles. The summed E-state index contributed by atoms with van der Waals surface area (Å²) < 4.78 is 11.4. The van der Waals surface area contributed by atoms with Crippen molar-refractivity contribution in [2.75, 3.05) is 39.8 Å². The van der Waals surface area contributed by atoms with Crippen LogP contribution in [0.4, 0.5) is 0 Å². The van der Waals surface area contributed by atoms with Crippen LogP contribution in [0.5, 0.6) is 0 Å². The van der Waals surface area contributed by atoms with Crippen molar-refractivity contribution in [3.63, 3.8) is 0 Å². The van der Waals surface area contributed by atoms with E-state index in [1.807, 2.05) is 0 Å². The molecule has 2 aliphatic rings. The van der Waals surface area contributed by atoms with Crippen LogP contribution in [0.1, 0.15) is 36.1 Å². The van der Waals surface area contributed by atoms with Crippen molar-refractivity contribution in [2.45, 2.75) is 24.9 Å². The summed E-state index contributed by atoms with van der Waals surface area (Å²) in [5.41, 5.74) is 2.70. The molecule has 0 spiro atoms. The average Bonchev–Trinajstić information content (AvgIpc) is 2.78. The summed E-state index contributed by atoms with van der Waals surface area (Å²) in [7, 11) is 0. The van der Waals surface area contributed by atoms with Gasteiger partial charge in [0.05, 0.1) is 26.3 Å². The van der Waals surface area contributed by atoms with Gasteiger partial charge in [0, 0.05) is 12.1 Å². The van der Waals surface area contributed by atoms with Gasteiger partial charge in [0.2, 0.25) is 0 Å². The van der Waals surface area contributed by atoms with Crippen LogP contribution < -0.4 is 0 Å². The molecule has 0 aromatic heterocycles. The van der Waals surface area contributed by atoms with E-state index in [1.165, 1.54) is 11.1 Å². The molecule has 4 rings (SSSR count). The standard InChI is InChI=1S/C24H28N2O2/c1-3-9-21(10-4-1)23-13-17-27-19-25(23)15-7-8-16-26-20-28-18-14-24(26)22-11-5-2-6-12-22/h1-6,9-12,23-24H,13-20H2. The minimum absolute atomic E-state index is 0.389. The Morgan fingerprint density at radius 1 is 0.679 bits per heavy atom. The van der Waals surface area contributed by atoms with Crippen LogP contribution in [0.2, 0.25) is 0 Å². The van der Waals surface area contributed by atoms with Crippen molar-refractivity contribution in [3.8, 4) is 11.8 Å². The summed E-state index contributed by atoms with van der Waals surface area (Å²) in [6.45, 7) is 4.37. The van der Waals surface area contributed by atoms with E-state index in [0.29, 0.717) is 25.5 Å². The minimum atomic E-state index is 0.389. The highest BCUT2D eigenvalue weighted by molar-refractivity contribution is 5.21. The summed E-state index contributed by atoms with van der Waals surface area (Å²) in [6.07, 6.45) is 2.03. The summed E-state index contributed by atoms with van der Waals surface area (Å²) in [6, 6.07) is 22.1. The van der Waals surface area contributed by atoms with Gasteiger partial charge in [0.25, 0.3) is 0 Å². The van der Waals surface area contributed by atoms with Crippen molar-refractivity contribution in [2.24, 2.45) is 0 Å². The van der Waals surface area contributed by atoms with Gasteiger partial charge in [-0.1, -0.05) is 72.5 Å². The predicted octanol–water partition coefficient (Wildman–Crippen LogP) is 3.83. The molecule has 146 valence electrons. The van der Waals surface area contributed by atoms with E-state index >= 15 is 0 Å². The molecule has 0 aliphatic carbocycles. The lowest BCUT2D eigenvalue weighted by Crippen LogP contribution is -2.37. The normalized spacial score (nSPS) is 23.7. The van der Waals surface area contributed by atoms with E-state index in [2.05, 4.69) is 82.3 Å². The maximum absolute atomic E-state index is 5.68. The molecule has 0 bridgehead atoms. The van der Waals surface area contributed by atoms with Crippen LogP contribution >= 0.6 is 0 Å². The van der Waals surface area contributed by atoms with Gasteiger partial charge in [-0.2, -0.15) is 0 Å². The van der Waals surface area contributed by atoms with E-state index in [-0.39, 0.29) is 0 Å². The van der Waals surface area contributed by atoms with Crippen molar-refractivity contribution in [3.05, 3.63) is 71.8 Å². The molecule has 2 atom stereocenters. The fourth-order valence-electron chi connectivity index (χ4n) is 4.03. The molecule has 2 aromatic carbocycles. The summed E-state index contributed by atoms with van der Waals surface area (Å²) in [5.74, 6) is 6.75. The highest BCUT2D eigenvalue weighted by atomic mass is 16.5. The van der Waals surface area contributed by atoms with Crippen LogP contribution in [-0.4, -0.2) is 49.6 Å². The summed E-state index contributed by atoms with van der Waals surface area (Å²) in [4.78, 5) is 4.65. The van der Waals surface area contributed by atoms with Gasteiger partial charge in [-0.25, -0.2) is 0 Å². The SMILES string of the molecule is C(#CCN1COCCC1c1ccccc1)CN1COCCC1c1ccccc1. The fourth-order valence-corrected chi connectivity index (χ4v) is 4.03. The Labute approximate surface area is 168 Å². The molecule has 2 aliphatic heterocycles. The Bertz CT molecular complexity index is 719. The van der Waals surface area contributed by atoms with Crippen molar-refractivity contribution >= 4 is 0 Å². The highest BCUT2D eigenvalue weighted by Gasteiger charge is 2.24. The number of rotatable bonds is 4. The van der Waals surface area contributed by atoms with Crippen LogP contribution in [0.15, 0.2) is 60.7 Å². The van der Waals surface area contributed by atoms with E-state index in [9.17, 15) is 0 Å². The maximum atomic E-state index is 5.68. The minimum Gasteiger partial charge on any atom is -0.366 e. The molecule has 4 heteroatoms. The number of hydrogen-bond donors (Lipinski definition) is 0. The van der Waals surface area contributed by atoms with Gasteiger partial charge in [-0.3, -0.25) is 9.80 Å². The van der Waals surface area contributed by atoms with Crippen molar-refractivity contribution < 1.29 is 9.47 Å². The smallest absolute Gasteiger partial charge is 0.100 e. The Kier molecular flexibility index (Phi) is 6.75. The number of nitrogens with zero attached hydrogens (tertiary/aromatic N) is 2. The Morgan fingerprint density at radius 2 is 1.11 bits per heavy atom. The Hall–Kier alpha value is -2.16. The maximum Gasteiger partial charge on any atom is 0.100 e. The van der Waals surface area contributed by atoms with Crippen LogP contribution in [-0.2, 0) is 9.47 Å². The second-order valence-electron chi connectivity index (χ2n) is 7.35. The molecule has 4 nitrogen and oxygen atoms in total. The first kappa shape index (κ1) is 19.2. The zero-order valence-electron chi connectivity index (χ0n) is 16.3. The van der Waals surface area contributed by atoms with Crippen LogP contribution in [0.25, 0.3) is 0 Å². The zero-order valence-corrected chi connectivity index (χ0v) is 16.3. The molecule has 2 fully saturated rings. The third-order valence-electron chi connectivity index (χ3n) is 5.53. The summed E-state index contributed by atoms with van der Waals surface area (Å²) in [5, 5.41) is 0. The van der Waals surface area contributed by atoms with Gasteiger partial charge in [0.1, 0.15) is 13.5 Å². The van der Waals surface area contributed by atoms with E-state index < -0.39 is 0 Å². The van der Waals surface area contributed by atoms with E-state index in [4.69, 9.17) is 9.47 Å². The third-order valence-corrected chi connectivity index (χ3v) is 5.53. The van der Waals surface area contributed by atoms with Gasteiger partial charge in [0.15, 0.2) is 0 Å². The molecule has 28 heavy (non-hydrogen) atoms. The molecule has 2 unspecified atom stereocenters. The average molecular weight is 377 g/mol. The first-order valence-electron chi connectivity index (χ1n) is 10.1. The van der Waals surface area contributed by atoms with Gasteiger partial charge in [-0.05, 0) is 24.0 Å². The molecular weight excluding hydrogens is 348 g/mol. The molecule has 0 N–H and O–H groups in total. The van der Waals surface area contributed by atoms with Gasteiger partial charge < -0.3 is 9.47 Å². The predicted molar refractivity (Wildman–Crippen MR) is 110 cm³/mol. The summed E-state index contributed by atoms with van der Waals surface area (Å²) >= 11 is 0. The highest BCUT2D eigenvalue weighted by Crippen LogP contribution is 2.28. The monoisotopic (exact) mass is 376 g/mol. The Morgan fingerprint density at radius 3 is 1.54 bits per heavy atom. The van der Waals surface area contributed by atoms with Crippen molar-refractivity contribution in [1.82, 2.24) is 9.80 Å². The zero-order chi connectivity index (χ0) is 19.0. The lowest BCUT2D eigenvalue weighted by molar-refractivity contribution is -0.0425. The first-order valence-corrected chi connectivity index (χ1v) is 10.1. The third kappa shape index (κ3) is 4.81. The fraction of sp³-hybridized carbons (Fsp3) is 0.417. The number of benzene rings is 2. The lowest BCUT2D eigenvalue weighted by atomic mass is 10.0. The van der Waals surface area contributed by atoms with Gasteiger partial charge in [-0.15, -0.1) is 0 Å². The Balaban J connectivity index is 1.37. The largest absolute Gasteiger partial charge is 0.366 e. The van der Waals surface area contributed by atoms with Crippen LogP contribution in [0.3, 0.4) is 0 Å².